The molecule has 0 aliphatic rings. The molecule has 69 heavy (non-hydrogen) atoms. The fraction of sp³-hybridized carbons (Fsp3) is 0.821. The number of aliphatic hydroxyl groups is 1. The summed E-state index contributed by atoms with van der Waals surface area (Å²) in [5, 5.41) is 9.31. The van der Waals surface area contributed by atoms with Crippen molar-refractivity contribution in [1.29, 1.82) is 0 Å². The van der Waals surface area contributed by atoms with Crippen molar-refractivity contribution in [3.8, 4) is 0 Å². The van der Waals surface area contributed by atoms with E-state index < -0.39 is 88.2 Å². The monoisotopic (exact) mass is 1100 g/mol. The second-order valence-corrected chi connectivity index (χ2v) is 32.4. The second-order valence-electron chi connectivity index (χ2n) is 14.3. The molecule has 0 radical (unpaired) electrons. The highest BCUT2D eigenvalue weighted by Gasteiger charge is 2.54. The number of carbonyl (C=O) groups is 7. The van der Waals surface area contributed by atoms with E-state index in [0.717, 1.165) is 59.5 Å². The van der Waals surface area contributed by atoms with Crippen LogP contribution < -0.4 is 0 Å². The Hall–Kier alpha value is -2.65. The van der Waals surface area contributed by atoms with Crippen LogP contribution >= 0.6 is 0 Å². The third-order valence-corrected chi connectivity index (χ3v) is 27.0. The van der Waals surface area contributed by atoms with Gasteiger partial charge in [-0.15, -0.1) is 0 Å². The lowest BCUT2D eigenvalue weighted by Gasteiger charge is -2.30. The third-order valence-electron chi connectivity index (χ3n) is 9.03. The topological polar surface area (TPSA) is 287 Å². The average Bonchev–Trinajstić information content (AvgIpc) is 3.26. The zero-order valence-electron chi connectivity index (χ0n) is 43.9. The normalized spacial score (nSPS) is 11.8. The van der Waals surface area contributed by atoms with Gasteiger partial charge in [0.15, 0.2) is 6.23 Å². The van der Waals surface area contributed by atoms with E-state index in [1.165, 1.54) is 0 Å². The van der Waals surface area contributed by atoms with Crippen molar-refractivity contribution in [3.05, 3.63) is 0 Å². The highest BCUT2D eigenvalue weighted by atomic mass is 28.4. The van der Waals surface area contributed by atoms with Gasteiger partial charge in [0.2, 0.25) is 0 Å². The van der Waals surface area contributed by atoms with E-state index in [0.29, 0.717) is 45.1 Å². The Morgan fingerprint density at radius 2 is 0.768 bits per heavy atom. The number of rotatable bonds is 36. The fourth-order valence-electron chi connectivity index (χ4n) is 6.44. The lowest BCUT2D eigenvalue weighted by molar-refractivity contribution is -0.148. The summed E-state index contributed by atoms with van der Waals surface area (Å²) in [7, 11) is -9.49. The maximum absolute atomic E-state index is 11.5. The first-order chi connectivity index (χ1) is 32.4. The van der Waals surface area contributed by atoms with E-state index in [2.05, 4.69) is 11.3 Å². The summed E-state index contributed by atoms with van der Waals surface area (Å²) in [6, 6.07) is 2.78. The molecule has 0 saturated carbocycles. The molecular formula is C39H84O24Si6. The molecule has 1 N–H and O–H groups in total. The lowest BCUT2D eigenvalue weighted by Crippen LogP contribution is -2.52. The Labute approximate surface area is 416 Å². The van der Waals surface area contributed by atoms with Gasteiger partial charge in [-0.3, -0.25) is 28.8 Å². The zero-order valence-corrected chi connectivity index (χ0v) is 49.9. The van der Waals surface area contributed by atoms with Gasteiger partial charge in [-0.25, -0.2) is 0 Å². The molecular weight excluding hydrogens is 1020 g/mol. The maximum Gasteiger partial charge on any atom is 0.705 e. The predicted octanol–water partition coefficient (Wildman–Crippen LogP) is 4.19. The van der Waals surface area contributed by atoms with E-state index >= 15 is 0 Å². The van der Waals surface area contributed by atoms with Gasteiger partial charge in [0, 0.05) is 121 Å². The molecule has 0 bridgehead atoms. The molecule has 0 spiro atoms. The summed E-state index contributed by atoms with van der Waals surface area (Å²) in [5.74, 6) is -4.06. The van der Waals surface area contributed by atoms with Gasteiger partial charge in [-0.05, 0) is 72.5 Å². The molecule has 0 atom stereocenters. The predicted molar refractivity (Wildman–Crippen MR) is 261 cm³/mol. The van der Waals surface area contributed by atoms with Crippen LogP contribution in [0.15, 0.2) is 0 Å². The smallest absolute Gasteiger partial charge is 0.483 e. The summed E-state index contributed by atoms with van der Waals surface area (Å²) in [5.41, 5.74) is 0. The van der Waals surface area contributed by atoms with Gasteiger partial charge < -0.3 is 81.0 Å². The second kappa shape index (κ2) is 40.9. The Balaban J connectivity index is -0.000000468. The maximum atomic E-state index is 11.5. The first kappa shape index (κ1) is 72.9. The van der Waals surface area contributed by atoms with E-state index in [-0.39, 0.29) is 31.2 Å². The van der Waals surface area contributed by atoms with E-state index in [9.17, 15) is 33.9 Å². The molecule has 0 heterocycles. The Kier molecular flexibility index (Phi) is 43.2. The van der Waals surface area contributed by atoms with Crippen molar-refractivity contribution >= 4 is 95.2 Å². The van der Waals surface area contributed by atoms with Crippen molar-refractivity contribution in [1.82, 2.24) is 0 Å². The van der Waals surface area contributed by atoms with Crippen LogP contribution in [0.4, 0.5) is 0 Å². The van der Waals surface area contributed by atoms with Crippen LogP contribution in [0.5, 0.6) is 0 Å². The van der Waals surface area contributed by atoms with Crippen LogP contribution in [0.25, 0.3) is 0 Å². The molecule has 0 aliphatic carbocycles. The summed E-state index contributed by atoms with van der Waals surface area (Å²) in [4.78, 5) is 75.9. The Morgan fingerprint density at radius 1 is 0.449 bits per heavy atom. The highest BCUT2D eigenvalue weighted by Crippen LogP contribution is 2.27. The van der Waals surface area contributed by atoms with Crippen molar-refractivity contribution < 1.29 is 110 Å². The van der Waals surface area contributed by atoms with Crippen LogP contribution in [-0.2, 0) is 105 Å². The Morgan fingerprint density at radius 3 is 1.06 bits per heavy atom. The molecule has 0 aromatic carbocycles. The summed E-state index contributed by atoms with van der Waals surface area (Å²) in [6.07, 6.45) is 1.18. The van der Waals surface area contributed by atoms with Crippen LogP contribution in [0, 0.1) is 0 Å². The van der Waals surface area contributed by atoms with Gasteiger partial charge in [0.1, 0.15) is 6.79 Å². The van der Waals surface area contributed by atoms with Gasteiger partial charge in [0.05, 0.1) is 12.3 Å². The van der Waals surface area contributed by atoms with Crippen molar-refractivity contribution in [3.63, 3.8) is 0 Å². The summed E-state index contributed by atoms with van der Waals surface area (Å²) >= 11 is 0. The quantitative estimate of drug-likeness (QED) is 0.0680. The number of hydrogen-bond acceptors (Lipinski definition) is 24. The lowest BCUT2D eigenvalue weighted by atomic mass is 10.6. The minimum Gasteiger partial charge on any atom is -0.483 e. The number of ether oxygens (including phenoxy) is 1. The molecule has 0 amide bonds. The molecule has 0 aromatic rings. The molecule has 0 fully saturated rings. The van der Waals surface area contributed by atoms with E-state index in [1.54, 1.807) is 35.5 Å². The average molecular weight is 1110 g/mol. The molecule has 0 aliphatic heterocycles. The molecule has 0 saturated heterocycles. The van der Waals surface area contributed by atoms with Gasteiger partial charge in [0.25, 0.3) is 36.3 Å². The minimum absolute atomic E-state index is 0.0188. The highest BCUT2D eigenvalue weighted by molar-refractivity contribution is 6.71. The molecule has 0 rings (SSSR count). The van der Waals surface area contributed by atoms with E-state index in [4.69, 9.17) is 71.2 Å². The van der Waals surface area contributed by atoms with Crippen LogP contribution in [0.2, 0.25) is 42.8 Å². The zero-order chi connectivity index (χ0) is 54.2. The van der Waals surface area contributed by atoms with Crippen molar-refractivity contribution in [2.45, 2.75) is 131 Å². The molecule has 408 valence electrons. The minimum atomic E-state index is -4.11. The molecule has 30 heteroatoms. The van der Waals surface area contributed by atoms with Crippen LogP contribution in [0.1, 0.15) is 88.5 Å². The third kappa shape index (κ3) is 32.9. The molecule has 0 aromatic heterocycles. The number of hydrogen-bond donors (Lipinski definition) is 1. The van der Waals surface area contributed by atoms with Crippen molar-refractivity contribution in [2.75, 3.05) is 81.0 Å². The van der Waals surface area contributed by atoms with Gasteiger partial charge >= 0.3 is 52.1 Å². The summed E-state index contributed by atoms with van der Waals surface area (Å²) < 4.78 is 86.1. The first-order valence-corrected chi connectivity index (χ1v) is 35.1. The first-order valence-electron chi connectivity index (χ1n) is 22.3. The Bertz CT molecular complexity index is 1290. The van der Waals surface area contributed by atoms with Crippen LogP contribution in [0.3, 0.4) is 0 Å². The number of aliphatic hydroxyl groups excluding tert-OH is 1. The molecule has 24 nitrogen and oxygen atoms in total. The van der Waals surface area contributed by atoms with Gasteiger partial charge in [-0.1, -0.05) is 0 Å². The van der Waals surface area contributed by atoms with E-state index in [1.807, 2.05) is 41.4 Å². The SMILES string of the molecule is C=O.CC(=O)O[Si](CCC[Si](OC(C)=O)(OC(C)=O)OC(C)=O)(COC=O)OC(C)=O.CCO[Si](C)(CCC[Si](OCC)(OCC)OCC)OCC.CO[Si](CO)(CCC[Si](OC)(OC)OC)OC. The number of carbonyl (C=O) groups excluding carboxylic acids is 7. The van der Waals surface area contributed by atoms with Crippen LogP contribution in [-0.4, -0.2) is 181 Å². The largest absolute Gasteiger partial charge is 0.705 e. The summed E-state index contributed by atoms with van der Waals surface area (Å²) in [6.45, 7) is 22.8. The molecule has 0 unspecified atom stereocenters. The van der Waals surface area contributed by atoms with Gasteiger partial charge in [-0.2, -0.15) is 0 Å². The van der Waals surface area contributed by atoms with Crippen molar-refractivity contribution in [2.24, 2.45) is 0 Å². The standard InChI is InChI=1S/C15H24O12Si2.C14H34O5Si2.C9H24O6Si2.CH2O/c1-11(17)23-28(10-22-9-16,24-12(2)18)7-6-8-29(25-13(3)19,26-14(4)20)27-15(5)21;1-7-15-20(6,16-8-2)13-12-14-21(17-9-3,18-10-4)19-11-5;1-11-16(9-10,12-2)7-6-8-17(13-3,14-4)15-5;1-2/h9H,6-8,10H2,1-5H3;7-14H2,1-6H3;10H,6-9H2,1-5H3;1H2. The fourth-order valence-corrected chi connectivity index (χ4v) is 20.9.